The van der Waals surface area contributed by atoms with Gasteiger partial charge in [-0.15, -0.1) is 4.31 Å². The number of carbonyl (C=O) groups excluding carboxylic acids is 1. The van der Waals surface area contributed by atoms with Gasteiger partial charge in [0.05, 0.1) is 30.5 Å². The molecule has 8 nitrogen and oxygen atoms in total. The normalized spacial score (nSPS) is 11.3. The predicted molar refractivity (Wildman–Crippen MR) is 95.6 cm³/mol. The highest BCUT2D eigenvalue weighted by Gasteiger charge is 2.36. The first-order chi connectivity index (χ1) is 12.3. The van der Waals surface area contributed by atoms with E-state index < -0.39 is 16.1 Å². The average Bonchev–Trinajstić information content (AvgIpc) is 2.62. The maximum Gasteiger partial charge on any atom is 0.430 e. The number of rotatable bonds is 6. The van der Waals surface area contributed by atoms with Crippen molar-refractivity contribution in [3.63, 3.8) is 0 Å². The number of hydrogen-bond donors (Lipinski definition) is 0. The second-order valence-electron chi connectivity index (χ2n) is 5.90. The number of sulfonamides is 1. The summed E-state index contributed by atoms with van der Waals surface area (Å²) in [6, 6.07) is 7.55. The van der Waals surface area contributed by atoms with Gasteiger partial charge in [-0.1, -0.05) is 32.0 Å². The molecule has 0 aliphatic carbocycles. The Morgan fingerprint density at radius 3 is 2.46 bits per heavy atom. The van der Waals surface area contributed by atoms with Crippen molar-refractivity contribution in [2.45, 2.75) is 25.7 Å². The van der Waals surface area contributed by atoms with E-state index in [2.05, 4.69) is 9.97 Å². The van der Waals surface area contributed by atoms with Crippen molar-refractivity contribution in [3.8, 4) is 5.88 Å². The number of nitrogens with zero attached hydrogens (tertiary/aromatic N) is 3. The van der Waals surface area contributed by atoms with Crippen molar-refractivity contribution in [2.75, 3.05) is 18.0 Å². The number of aryl methyl sites for hydroxylation is 1. The zero-order valence-corrected chi connectivity index (χ0v) is 15.9. The van der Waals surface area contributed by atoms with Crippen LogP contribution in [0.3, 0.4) is 0 Å². The lowest BCUT2D eigenvalue weighted by Gasteiger charge is -2.22. The molecule has 0 fully saturated rings. The van der Waals surface area contributed by atoms with Crippen molar-refractivity contribution < 1.29 is 22.7 Å². The van der Waals surface area contributed by atoms with Gasteiger partial charge >= 0.3 is 6.09 Å². The Morgan fingerprint density at radius 1 is 1.23 bits per heavy atom. The summed E-state index contributed by atoms with van der Waals surface area (Å²) < 4.78 is 36.9. The first-order valence-corrected chi connectivity index (χ1v) is 9.36. The van der Waals surface area contributed by atoms with Crippen LogP contribution in [0.15, 0.2) is 41.4 Å². The monoisotopic (exact) mass is 379 g/mol. The highest BCUT2D eigenvalue weighted by atomic mass is 32.2. The topological polar surface area (TPSA) is 98.7 Å². The van der Waals surface area contributed by atoms with Crippen LogP contribution in [0.25, 0.3) is 0 Å². The van der Waals surface area contributed by atoms with Crippen molar-refractivity contribution in [1.29, 1.82) is 0 Å². The number of anilines is 1. The van der Waals surface area contributed by atoms with Gasteiger partial charge in [-0.3, -0.25) is 0 Å². The Balaban J connectivity index is 2.58. The Kier molecular flexibility index (Phi) is 6.14. The first-order valence-electron chi connectivity index (χ1n) is 7.92. The summed E-state index contributed by atoms with van der Waals surface area (Å²) >= 11 is 0. The summed E-state index contributed by atoms with van der Waals surface area (Å²) in [5.74, 6) is -0.312. The van der Waals surface area contributed by atoms with Crippen molar-refractivity contribution in [1.82, 2.24) is 9.97 Å². The van der Waals surface area contributed by atoms with Crippen LogP contribution >= 0.6 is 0 Å². The predicted octanol–water partition coefficient (Wildman–Crippen LogP) is 2.78. The molecule has 9 heteroatoms. The van der Waals surface area contributed by atoms with E-state index in [4.69, 9.17) is 9.47 Å². The lowest BCUT2D eigenvalue weighted by atomic mass is 10.2. The van der Waals surface area contributed by atoms with Gasteiger partial charge in [-0.25, -0.2) is 23.2 Å². The largest absolute Gasteiger partial charge is 0.478 e. The molecule has 0 unspecified atom stereocenters. The van der Waals surface area contributed by atoms with Crippen molar-refractivity contribution >= 4 is 21.9 Å². The molecular weight excluding hydrogens is 358 g/mol. The summed E-state index contributed by atoms with van der Waals surface area (Å²) in [5.41, 5.74) is 0.512. The molecule has 1 amide bonds. The van der Waals surface area contributed by atoms with Gasteiger partial charge in [-0.05, 0) is 25.0 Å². The lowest BCUT2D eigenvalue weighted by Crippen LogP contribution is -2.39. The molecule has 0 spiro atoms. The Hall–Kier alpha value is -2.68. The number of aromatic nitrogens is 2. The van der Waals surface area contributed by atoms with Gasteiger partial charge in [-0.2, -0.15) is 0 Å². The summed E-state index contributed by atoms with van der Waals surface area (Å²) in [5, 5.41) is 0. The molecule has 2 rings (SSSR count). The number of ether oxygens (including phenoxy) is 2. The molecule has 0 radical (unpaired) electrons. The fraction of sp³-hybridized carbons (Fsp3) is 0.353. The Bertz CT molecular complexity index is 869. The summed E-state index contributed by atoms with van der Waals surface area (Å²) in [6.07, 6.45) is 0.278. The van der Waals surface area contributed by atoms with Crippen LogP contribution < -0.4 is 9.04 Å². The van der Waals surface area contributed by atoms with Crippen LogP contribution in [0.1, 0.15) is 19.5 Å². The highest BCUT2D eigenvalue weighted by molar-refractivity contribution is 7.93. The highest BCUT2D eigenvalue weighted by Crippen LogP contribution is 2.29. The molecule has 0 atom stereocenters. The lowest BCUT2D eigenvalue weighted by molar-refractivity contribution is 0.143. The molecule has 0 aliphatic rings. The number of hydrogen-bond acceptors (Lipinski definition) is 7. The van der Waals surface area contributed by atoms with E-state index in [-0.39, 0.29) is 29.1 Å². The van der Waals surface area contributed by atoms with E-state index in [1.165, 1.54) is 25.4 Å². The van der Waals surface area contributed by atoms with Crippen LogP contribution in [0.5, 0.6) is 5.88 Å². The Labute approximate surface area is 152 Å². The molecule has 0 saturated carbocycles. The fourth-order valence-electron chi connectivity index (χ4n) is 2.02. The number of methoxy groups -OCH3 is 1. The van der Waals surface area contributed by atoms with E-state index in [0.29, 0.717) is 10.00 Å². The van der Waals surface area contributed by atoms with Gasteiger partial charge in [0.1, 0.15) is 0 Å². The minimum absolute atomic E-state index is 0.0335. The molecule has 140 valence electrons. The standard InChI is InChI=1S/C17H21N3O5S/c1-12(2)11-25-17(21)20(15-16(24-4)19-13(3)10-18-15)26(22,23)14-8-6-5-7-9-14/h5-10,12H,11H2,1-4H3. The van der Waals surface area contributed by atoms with Crippen LogP contribution in [-0.2, 0) is 14.8 Å². The minimum atomic E-state index is -4.27. The third kappa shape index (κ3) is 4.29. The zero-order valence-electron chi connectivity index (χ0n) is 15.0. The van der Waals surface area contributed by atoms with Gasteiger partial charge < -0.3 is 9.47 Å². The molecule has 26 heavy (non-hydrogen) atoms. The van der Waals surface area contributed by atoms with Gasteiger partial charge in [0, 0.05) is 0 Å². The van der Waals surface area contributed by atoms with Crippen LogP contribution in [0.2, 0.25) is 0 Å². The molecule has 1 aromatic heterocycles. The third-order valence-corrected chi connectivity index (χ3v) is 4.89. The molecule has 2 aromatic rings. The fourth-order valence-corrected chi connectivity index (χ4v) is 3.33. The molecule has 0 saturated heterocycles. The number of amides is 1. The zero-order chi connectivity index (χ0) is 19.3. The van der Waals surface area contributed by atoms with Crippen LogP contribution in [0.4, 0.5) is 10.6 Å². The number of benzene rings is 1. The molecule has 1 aromatic carbocycles. The van der Waals surface area contributed by atoms with Gasteiger partial charge in [0.15, 0.2) is 0 Å². The molecule has 0 bridgehead atoms. The van der Waals surface area contributed by atoms with E-state index in [1.54, 1.807) is 25.1 Å². The molecule has 0 aliphatic heterocycles. The molecule has 0 N–H and O–H groups in total. The Morgan fingerprint density at radius 2 is 1.88 bits per heavy atom. The second-order valence-corrected chi connectivity index (χ2v) is 7.68. The van der Waals surface area contributed by atoms with Crippen molar-refractivity contribution in [2.24, 2.45) is 5.92 Å². The maximum atomic E-state index is 13.1. The summed E-state index contributed by atoms with van der Waals surface area (Å²) in [7, 11) is -2.95. The quantitative estimate of drug-likeness (QED) is 0.761. The average molecular weight is 379 g/mol. The van der Waals surface area contributed by atoms with Crippen molar-refractivity contribution in [3.05, 3.63) is 42.2 Å². The third-order valence-electron chi connectivity index (χ3n) is 3.22. The van der Waals surface area contributed by atoms with Crippen LogP contribution in [0, 0.1) is 12.8 Å². The molecule has 1 heterocycles. The SMILES string of the molecule is COc1nc(C)cnc1N(C(=O)OCC(C)C)S(=O)(=O)c1ccccc1. The molecular formula is C17H21N3O5S. The van der Waals surface area contributed by atoms with E-state index in [1.807, 2.05) is 13.8 Å². The minimum Gasteiger partial charge on any atom is -0.478 e. The van der Waals surface area contributed by atoms with Crippen LogP contribution in [-0.4, -0.2) is 38.2 Å². The maximum absolute atomic E-state index is 13.1. The summed E-state index contributed by atoms with van der Waals surface area (Å²) in [6.45, 7) is 5.42. The summed E-state index contributed by atoms with van der Waals surface area (Å²) in [4.78, 5) is 20.7. The number of carbonyl (C=O) groups is 1. The smallest absolute Gasteiger partial charge is 0.430 e. The second kappa shape index (κ2) is 8.13. The van der Waals surface area contributed by atoms with E-state index in [9.17, 15) is 13.2 Å². The van der Waals surface area contributed by atoms with E-state index >= 15 is 0 Å². The first kappa shape index (κ1) is 19.6. The van der Waals surface area contributed by atoms with E-state index in [0.717, 1.165) is 0 Å². The van der Waals surface area contributed by atoms with Gasteiger partial charge in [0.25, 0.3) is 15.9 Å². The van der Waals surface area contributed by atoms with Gasteiger partial charge in [0.2, 0.25) is 5.82 Å².